The average molecular weight is 376 g/mol. The molecular weight excluding hydrogens is 364 g/mol. The Morgan fingerprint density at radius 3 is 1.72 bits per heavy atom. The van der Waals surface area contributed by atoms with Crippen molar-refractivity contribution in [2.75, 3.05) is 7.11 Å². The molecule has 1 aromatic rings. The second-order valence-electron chi connectivity index (χ2n) is 2.64. The molecule has 0 unspecified atom stereocenters. The van der Waals surface area contributed by atoms with Crippen molar-refractivity contribution in [2.24, 2.45) is 0 Å². The topological polar surface area (TPSA) is 109 Å². The molecule has 0 spiro atoms. The number of benzene rings is 1. The van der Waals surface area contributed by atoms with Crippen molar-refractivity contribution in [1.29, 1.82) is 0 Å². The molecule has 0 aliphatic heterocycles. The Balaban J connectivity index is -0.0000000708. The molecule has 0 aliphatic rings. The van der Waals surface area contributed by atoms with Crippen LogP contribution in [0.4, 0.5) is 0 Å². The number of ether oxygens (including phenoxy) is 1. The van der Waals surface area contributed by atoms with Gasteiger partial charge in [-0.25, -0.2) is 0 Å². The molecular formula is C18H12CrO6. The van der Waals surface area contributed by atoms with Gasteiger partial charge in [0.1, 0.15) is 0 Å². The molecule has 0 N–H and O–H groups in total. The minimum Gasteiger partial charge on any atom is 0 e. The third kappa shape index (κ3) is 30.2. The molecule has 0 fully saturated rings. The molecule has 1 rings (SSSR count). The number of allylic oxidation sites excluding steroid dienone is 1. The van der Waals surface area contributed by atoms with Crippen LogP contribution in [-0.4, -0.2) is 7.11 Å². The number of hydrogen-bond acceptors (Lipinski definition) is 1. The summed E-state index contributed by atoms with van der Waals surface area (Å²) in [5.41, 5.74) is 2.09. The van der Waals surface area contributed by atoms with E-state index in [4.69, 9.17) is 23.3 Å². The van der Waals surface area contributed by atoms with Crippen LogP contribution in [0.15, 0.2) is 30.3 Å². The van der Waals surface area contributed by atoms with Gasteiger partial charge in [-0.05, 0) is 18.6 Å². The molecule has 0 bridgehead atoms. The molecule has 0 atom stereocenters. The second-order valence-corrected chi connectivity index (χ2v) is 2.64. The fourth-order valence-corrected chi connectivity index (χ4v) is 1.08. The van der Waals surface area contributed by atoms with Gasteiger partial charge in [0.25, 0.3) is 0 Å². The van der Waals surface area contributed by atoms with Crippen LogP contribution in [0.3, 0.4) is 0 Å². The molecule has 6 nitrogen and oxygen atoms in total. The van der Waals surface area contributed by atoms with Crippen LogP contribution in [0, 0.1) is 51.7 Å². The van der Waals surface area contributed by atoms with Gasteiger partial charge in [-0.2, -0.15) is 0 Å². The monoisotopic (exact) mass is 376 g/mol. The fourth-order valence-electron chi connectivity index (χ4n) is 1.08. The summed E-state index contributed by atoms with van der Waals surface area (Å²) >= 11 is 0. The third-order valence-electron chi connectivity index (χ3n) is 1.66. The van der Waals surface area contributed by atoms with Crippen molar-refractivity contribution in [2.45, 2.75) is 6.92 Å². The summed E-state index contributed by atoms with van der Waals surface area (Å²) in [7, 11) is 1.53. The first kappa shape index (κ1) is 38.3. The summed E-state index contributed by atoms with van der Waals surface area (Å²) in [6.07, 6.45) is 4.01. The molecule has 1 aromatic carbocycles. The molecule has 0 heterocycles. The summed E-state index contributed by atoms with van der Waals surface area (Å²) in [6.45, 7) is 27.0. The van der Waals surface area contributed by atoms with Crippen molar-refractivity contribution >= 4 is 6.08 Å². The maximum absolute atomic E-state index is 7.50. The number of methoxy groups -OCH3 is 1. The summed E-state index contributed by atoms with van der Waals surface area (Å²) in [6, 6.07) is 7.95. The maximum atomic E-state index is 7.50. The van der Waals surface area contributed by atoms with Crippen LogP contribution in [0.2, 0.25) is 0 Å². The van der Waals surface area contributed by atoms with Crippen LogP contribution < -0.4 is 0 Å². The van der Waals surface area contributed by atoms with Gasteiger partial charge in [0.2, 0.25) is 6.61 Å². The predicted molar refractivity (Wildman–Crippen MR) is 77.9 cm³/mol. The molecule has 7 heteroatoms. The Bertz CT molecular complexity index is 536. The summed E-state index contributed by atoms with van der Waals surface area (Å²) in [5.74, 6) is 5.66. The summed E-state index contributed by atoms with van der Waals surface area (Å²) < 4.78 is 42.1. The summed E-state index contributed by atoms with van der Waals surface area (Å²) in [4.78, 5) is 0. The predicted octanol–water partition coefficient (Wildman–Crippen LogP) is 2.57. The van der Waals surface area contributed by atoms with Gasteiger partial charge in [0.05, 0.1) is 0 Å². The normalized spacial score (nSPS) is 5.92. The smallest absolute Gasteiger partial charge is 0 e. The van der Waals surface area contributed by atoms with E-state index in [-0.39, 0.29) is 17.4 Å². The van der Waals surface area contributed by atoms with Crippen LogP contribution in [0.25, 0.3) is 6.08 Å². The van der Waals surface area contributed by atoms with Crippen molar-refractivity contribution in [3.63, 3.8) is 0 Å². The van der Waals surface area contributed by atoms with Gasteiger partial charge < -0.3 is 4.74 Å². The Morgan fingerprint density at radius 2 is 1.32 bits per heavy atom. The maximum Gasteiger partial charge on any atom is 0 e. The van der Waals surface area contributed by atoms with Crippen LogP contribution >= 0.6 is 0 Å². The van der Waals surface area contributed by atoms with Crippen LogP contribution in [-0.2, 0) is 45.4 Å². The van der Waals surface area contributed by atoms with Crippen molar-refractivity contribution in [3.8, 4) is 11.8 Å². The molecule has 0 aliphatic carbocycles. The first-order valence-electron chi connectivity index (χ1n) is 5.41. The largest absolute Gasteiger partial charge is 0 e. The third-order valence-corrected chi connectivity index (χ3v) is 1.66. The van der Waals surface area contributed by atoms with Gasteiger partial charge in [-0.1, -0.05) is 42.2 Å². The molecule has 0 amide bonds. The molecule has 25 heavy (non-hydrogen) atoms. The zero-order chi connectivity index (χ0) is 20.2. The van der Waals surface area contributed by atoms with Gasteiger partial charge >= 0.3 is 56.5 Å². The van der Waals surface area contributed by atoms with E-state index in [1.165, 1.54) is 7.11 Å². The van der Waals surface area contributed by atoms with Crippen LogP contribution in [0.5, 0.6) is 0 Å². The van der Waals surface area contributed by atoms with E-state index in [2.05, 4.69) is 56.4 Å². The molecule has 2 radical (unpaired) electrons. The molecule has 0 aromatic heterocycles. The van der Waals surface area contributed by atoms with Gasteiger partial charge in [-0.3, -0.25) is 0 Å². The molecule has 0 saturated heterocycles. The number of rotatable bonds is 2. The van der Waals surface area contributed by atoms with E-state index in [9.17, 15) is 0 Å². The SMILES string of the molecule is C/C=C/c1ccccc1C#C[C]OC.[C-]#[O+].[C-]#[O+].[C-]#[O+].[C-]#[O+].[C-]#[O+].[Cr]. The first-order chi connectivity index (χ1) is 11.9. The minimum absolute atomic E-state index is 0. The number of hydrogen-bond donors (Lipinski definition) is 0. The Morgan fingerprint density at radius 1 is 0.880 bits per heavy atom. The Labute approximate surface area is 159 Å². The Hall–Kier alpha value is -2.29. The zero-order valence-electron chi connectivity index (χ0n) is 13.3. The molecule has 126 valence electrons. The van der Waals surface area contributed by atoms with E-state index in [1.54, 1.807) is 0 Å². The molecule has 0 saturated carbocycles. The van der Waals surface area contributed by atoms with E-state index in [1.807, 2.05) is 43.3 Å². The second kappa shape index (κ2) is 49.5. The zero-order valence-corrected chi connectivity index (χ0v) is 14.6. The van der Waals surface area contributed by atoms with Gasteiger partial charge in [0.15, 0.2) is 0 Å². The van der Waals surface area contributed by atoms with E-state index in [0.717, 1.165) is 11.1 Å². The van der Waals surface area contributed by atoms with E-state index >= 15 is 0 Å². The van der Waals surface area contributed by atoms with Crippen molar-refractivity contribution in [1.82, 2.24) is 0 Å². The fraction of sp³-hybridized carbons (Fsp3) is 0.111. The quantitative estimate of drug-likeness (QED) is 0.441. The van der Waals surface area contributed by atoms with Gasteiger partial charge in [-0.15, -0.1) is 0 Å². The van der Waals surface area contributed by atoms with E-state index in [0.29, 0.717) is 0 Å². The van der Waals surface area contributed by atoms with Gasteiger partial charge in [0, 0.05) is 30.0 Å². The van der Waals surface area contributed by atoms with Crippen molar-refractivity contribution < 1.29 is 45.4 Å². The van der Waals surface area contributed by atoms with Crippen molar-refractivity contribution in [3.05, 3.63) is 81.3 Å². The average Bonchev–Trinajstić information content (AvgIpc) is 2.71. The summed E-state index contributed by atoms with van der Waals surface area (Å²) in [5, 5.41) is 0. The van der Waals surface area contributed by atoms with E-state index < -0.39 is 0 Å². The van der Waals surface area contributed by atoms with Crippen LogP contribution in [0.1, 0.15) is 18.1 Å². The first-order valence-corrected chi connectivity index (χ1v) is 5.41. The minimum atomic E-state index is 0. The standard InChI is InChI=1S/C13H12O.5CO.Cr/c1-3-7-12-8-4-5-9-13(12)10-6-11-14-2;5*1-2;/h3-5,7-9H,1-2H3;;;;;;/b7-3+;;;;;;. The Kier molecular flexibility index (Phi) is 76.0.